The summed E-state index contributed by atoms with van der Waals surface area (Å²) in [7, 11) is 3.34. The molecule has 3 aromatic rings. The summed E-state index contributed by atoms with van der Waals surface area (Å²) < 4.78 is 33.1. The molecule has 2 aromatic heterocycles. The fourth-order valence-corrected chi connectivity index (χ4v) is 5.35. The third kappa shape index (κ3) is 5.16. The van der Waals surface area contributed by atoms with E-state index in [0.717, 1.165) is 42.5 Å². The van der Waals surface area contributed by atoms with Crippen molar-refractivity contribution < 1.29 is 27.9 Å². The van der Waals surface area contributed by atoms with Gasteiger partial charge in [-0.25, -0.2) is 9.37 Å². The summed E-state index contributed by atoms with van der Waals surface area (Å²) in [6, 6.07) is 9.12. The highest BCUT2D eigenvalue weighted by atomic mass is 19.1. The molecule has 9 heteroatoms. The van der Waals surface area contributed by atoms with E-state index in [1.807, 2.05) is 48.1 Å². The second-order valence-corrected chi connectivity index (χ2v) is 9.87. The van der Waals surface area contributed by atoms with Crippen LogP contribution >= 0.6 is 0 Å². The van der Waals surface area contributed by atoms with Crippen LogP contribution in [-0.4, -0.2) is 64.9 Å². The molecule has 0 unspecified atom stereocenters. The number of alkyl halides is 1. The van der Waals surface area contributed by atoms with E-state index in [2.05, 4.69) is 4.98 Å². The number of ether oxygens (including phenoxy) is 2. The van der Waals surface area contributed by atoms with Gasteiger partial charge in [-0.05, 0) is 55.5 Å². The van der Waals surface area contributed by atoms with Gasteiger partial charge in [0.1, 0.15) is 17.4 Å². The fraction of sp³-hybridized carbons (Fsp3) is 0.519. The first-order chi connectivity index (χ1) is 17.4. The monoisotopic (exact) mass is 497 g/mol. The van der Waals surface area contributed by atoms with Gasteiger partial charge in [0.25, 0.3) is 0 Å². The zero-order valence-electron chi connectivity index (χ0n) is 20.7. The molecule has 1 aromatic carbocycles. The molecule has 0 radical (unpaired) electrons. The molecule has 1 saturated heterocycles. The average molecular weight is 498 g/mol. The summed E-state index contributed by atoms with van der Waals surface area (Å²) in [4.78, 5) is 31.0. The van der Waals surface area contributed by atoms with Crippen LogP contribution in [0.3, 0.4) is 0 Å². The molecule has 2 aliphatic rings. The molecule has 2 atom stereocenters. The molecule has 0 N–H and O–H groups in total. The number of nitrogens with zero attached hydrogens (tertiary/aromatic N) is 3. The maximum absolute atomic E-state index is 14.3. The number of halogens is 1. The molecule has 1 aliphatic carbocycles. The summed E-state index contributed by atoms with van der Waals surface area (Å²) in [6.45, 7) is 0.394. The van der Waals surface area contributed by atoms with E-state index in [0.29, 0.717) is 18.1 Å². The molecule has 1 saturated carbocycles. The first kappa shape index (κ1) is 24.5. The predicted octanol–water partition coefficient (Wildman–Crippen LogP) is 4.06. The Balaban J connectivity index is 1.19. The van der Waals surface area contributed by atoms with Crippen molar-refractivity contribution in [2.45, 2.75) is 56.8 Å². The van der Waals surface area contributed by atoms with Crippen LogP contribution in [0, 0.1) is 5.92 Å². The average Bonchev–Trinajstić information content (AvgIpc) is 3.59. The van der Waals surface area contributed by atoms with E-state index in [1.54, 1.807) is 4.90 Å². The van der Waals surface area contributed by atoms with E-state index in [4.69, 9.17) is 13.9 Å². The molecule has 1 aliphatic heterocycles. The van der Waals surface area contributed by atoms with Gasteiger partial charge < -0.3 is 23.4 Å². The van der Waals surface area contributed by atoms with Crippen LogP contribution in [0.15, 0.2) is 40.9 Å². The van der Waals surface area contributed by atoms with Gasteiger partial charge in [0.05, 0.1) is 44.7 Å². The number of hydrogen-bond donors (Lipinski definition) is 0. The largest absolute Gasteiger partial charge is 0.469 e. The van der Waals surface area contributed by atoms with Crippen LogP contribution in [0.2, 0.25) is 0 Å². The summed E-state index contributed by atoms with van der Waals surface area (Å²) in [5.74, 6) is 0.166. The molecule has 5 rings (SSSR count). The van der Waals surface area contributed by atoms with Crippen LogP contribution in [-0.2, 0) is 32.5 Å². The number of aryl methyl sites for hydroxylation is 1. The molecule has 0 spiro atoms. The lowest BCUT2D eigenvalue weighted by atomic mass is 9.87. The van der Waals surface area contributed by atoms with Crippen LogP contribution in [0.5, 0.6) is 0 Å². The molecule has 0 bridgehead atoms. The van der Waals surface area contributed by atoms with Crippen LogP contribution < -0.4 is 0 Å². The van der Waals surface area contributed by atoms with Gasteiger partial charge in [-0.3, -0.25) is 9.59 Å². The summed E-state index contributed by atoms with van der Waals surface area (Å²) in [5, 5.41) is 0. The van der Waals surface area contributed by atoms with Crippen molar-refractivity contribution >= 4 is 23.0 Å². The van der Waals surface area contributed by atoms with Gasteiger partial charge in [-0.15, -0.1) is 0 Å². The van der Waals surface area contributed by atoms with Gasteiger partial charge >= 0.3 is 5.97 Å². The minimum absolute atomic E-state index is 0.0220. The molecule has 192 valence electrons. The van der Waals surface area contributed by atoms with Gasteiger partial charge in [0.2, 0.25) is 11.8 Å². The maximum Gasteiger partial charge on any atom is 0.308 e. The third-order valence-electron chi connectivity index (χ3n) is 7.39. The van der Waals surface area contributed by atoms with E-state index >= 15 is 0 Å². The molecular formula is C27H32FN3O5. The molecule has 2 fully saturated rings. The van der Waals surface area contributed by atoms with E-state index < -0.39 is 6.17 Å². The zero-order chi connectivity index (χ0) is 25.2. The summed E-state index contributed by atoms with van der Waals surface area (Å²) in [6.07, 6.45) is 4.32. The summed E-state index contributed by atoms with van der Waals surface area (Å²) in [5.41, 5.74) is 3.01. The lowest BCUT2D eigenvalue weighted by molar-refractivity contribution is -0.148. The fourth-order valence-electron chi connectivity index (χ4n) is 5.35. The number of amides is 1. The van der Waals surface area contributed by atoms with Crippen molar-refractivity contribution in [3.8, 4) is 11.6 Å². The predicted molar refractivity (Wildman–Crippen MR) is 131 cm³/mol. The van der Waals surface area contributed by atoms with Crippen molar-refractivity contribution in [2.75, 3.05) is 20.3 Å². The van der Waals surface area contributed by atoms with Crippen molar-refractivity contribution in [1.82, 2.24) is 14.5 Å². The normalized spacial score (nSPS) is 24.4. The molecule has 36 heavy (non-hydrogen) atoms. The van der Waals surface area contributed by atoms with Gasteiger partial charge in [-0.2, -0.15) is 0 Å². The SMILES string of the molecule is COC(=O)C1CCC(OC[C@@H]2C[C@H](F)CN2C(=O)Cc2ccc3nc(-c4cccn4C)oc3c2)CC1. The molecular weight excluding hydrogens is 465 g/mol. The second-order valence-electron chi connectivity index (χ2n) is 9.87. The van der Waals surface area contributed by atoms with E-state index in [1.165, 1.54) is 7.11 Å². The van der Waals surface area contributed by atoms with Gasteiger partial charge in [0, 0.05) is 19.7 Å². The van der Waals surface area contributed by atoms with E-state index in [9.17, 15) is 14.0 Å². The molecule has 8 nitrogen and oxygen atoms in total. The lowest BCUT2D eigenvalue weighted by Gasteiger charge is -2.30. The van der Waals surface area contributed by atoms with Crippen molar-refractivity contribution in [2.24, 2.45) is 13.0 Å². The minimum Gasteiger partial charge on any atom is -0.469 e. The number of likely N-dealkylation sites (tertiary alicyclic amines) is 1. The Bertz CT molecular complexity index is 1230. The van der Waals surface area contributed by atoms with Gasteiger partial charge in [-0.1, -0.05) is 6.07 Å². The number of carbonyl (C=O) groups is 2. The number of hydrogen-bond acceptors (Lipinski definition) is 6. The standard InChI is InChI=1S/C27H32FN3O5/c1-30-11-3-4-23(30)26-29-22-10-5-17(12-24(22)36-26)13-25(32)31-15-19(28)14-20(31)16-35-21-8-6-18(7-9-21)27(33)34-2/h3-5,10-12,18-21H,6-9,13-16H2,1-2H3/t18?,19-,20-,21?/m0/s1. The lowest BCUT2D eigenvalue weighted by Crippen LogP contribution is -2.40. The molecule has 1 amide bonds. The number of carbonyl (C=O) groups excluding carboxylic acids is 2. The first-order valence-electron chi connectivity index (χ1n) is 12.6. The zero-order valence-corrected chi connectivity index (χ0v) is 20.7. The number of esters is 1. The van der Waals surface area contributed by atoms with Crippen molar-refractivity contribution in [3.05, 3.63) is 42.1 Å². The Labute approximate surface area is 209 Å². The Morgan fingerprint density at radius 2 is 2.00 bits per heavy atom. The molecule has 3 heterocycles. The van der Waals surface area contributed by atoms with Crippen LogP contribution in [0.1, 0.15) is 37.7 Å². The smallest absolute Gasteiger partial charge is 0.308 e. The maximum atomic E-state index is 14.3. The number of fused-ring (bicyclic) bond motifs is 1. The third-order valence-corrected chi connectivity index (χ3v) is 7.39. The number of aromatic nitrogens is 2. The minimum atomic E-state index is -1.05. The Morgan fingerprint density at radius 1 is 1.19 bits per heavy atom. The highest BCUT2D eigenvalue weighted by Gasteiger charge is 2.36. The highest BCUT2D eigenvalue weighted by molar-refractivity contribution is 5.82. The van der Waals surface area contributed by atoms with Crippen LogP contribution in [0.4, 0.5) is 4.39 Å². The van der Waals surface area contributed by atoms with Crippen molar-refractivity contribution in [1.29, 1.82) is 0 Å². The number of methoxy groups -OCH3 is 1. The Hall–Kier alpha value is -3.20. The quantitative estimate of drug-likeness (QED) is 0.458. The topological polar surface area (TPSA) is 86.8 Å². The number of rotatable bonds is 7. The van der Waals surface area contributed by atoms with Crippen LogP contribution in [0.25, 0.3) is 22.7 Å². The first-order valence-corrected chi connectivity index (χ1v) is 12.6. The number of oxazole rings is 1. The van der Waals surface area contributed by atoms with E-state index in [-0.39, 0.29) is 49.3 Å². The highest BCUT2D eigenvalue weighted by Crippen LogP contribution is 2.29. The van der Waals surface area contributed by atoms with Gasteiger partial charge in [0.15, 0.2) is 5.58 Å². The number of benzene rings is 1. The van der Waals surface area contributed by atoms with Crippen molar-refractivity contribution in [3.63, 3.8) is 0 Å². The summed E-state index contributed by atoms with van der Waals surface area (Å²) >= 11 is 0. The Morgan fingerprint density at radius 3 is 2.72 bits per heavy atom. The second kappa shape index (κ2) is 10.4. The Kier molecular flexibility index (Phi) is 7.09.